The zero-order chi connectivity index (χ0) is 22.0. The number of urea groups is 1. The normalized spacial score (nSPS) is 21.7. The van der Waals surface area contributed by atoms with Crippen molar-refractivity contribution in [1.29, 1.82) is 0 Å². The number of amides is 4. The Morgan fingerprint density at radius 1 is 0.903 bits per heavy atom. The van der Waals surface area contributed by atoms with Crippen molar-refractivity contribution >= 4 is 17.8 Å². The van der Waals surface area contributed by atoms with E-state index in [2.05, 4.69) is 5.32 Å². The zero-order valence-corrected chi connectivity index (χ0v) is 18.2. The van der Waals surface area contributed by atoms with Gasteiger partial charge in [0.2, 0.25) is 5.91 Å². The van der Waals surface area contributed by atoms with E-state index in [1.54, 1.807) is 4.90 Å². The van der Waals surface area contributed by atoms with Crippen molar-refractivity contribution < 1.29 is 14.4 Å². The van der Waals surface area contributed by atoms with Crippen LogP contribution in [0.15, 0.2) is 48.5 Å². The van der Waals surface area contributed by atoms with Crippen LogP contribution in [-0.2, 0) is 15.1 Å². The third-order valence-corrected chi connectivity index (χ3v) is 6.50. The van der Waals surface area contributed by atoms with Crippen LogP contribution in [0.4, 0.5) is 4.79 Å². The largest absolute Gasteiger partial charge is 0.341 e. The van der Waals surface area contributed by atoms with Crippen LogP contribution in [0.1, 0.15) is 47.9 Å². The number of hydrogen-bond acceptors (Lipinski definition) is 3. The first-order valence-corrected chi connectivity index (χ1v) is 11.0. The van der Waals surface area contributed by atoms with E-state index in [0.29, 0.717) is 24.2 Å². The molecular weight excluding hydrogens is 390 g/mol. The molecule has 2 fully saturated rings. The summed E-state index contributed by atoms with van der Waals surface area (Å²) in [5.74, 6) is -0.579. The van der Waals surface area contributed by atoms with E-state index < -0.39 is 17.5 Å². The average molecular weight is 420 g/mol. The number of nitrogens with zero attached hydrogens (tertiary/aromatic N) is 2. The summed E-state index contributed by atoms with van der Waals surface area (Å²) in [6, 6.07) is 14.5. The maximum Gasteiger partial charge on any atom is 0.326 e. The summed E-state index contributed by atoms with van der Waals surface area (Å²) in [4.78, 5) is 42.6. The predicted octanol–water partition coefficient (Wildman–Crippen LogP) is 3.50. The van der Waals surface area contributed by atoms with Gasteiger partial charge in [-0.2, -0.15) is 0 Å². The molecule has 1 atom stereocenters. The number of imide groups is 1. The van der Waals surface area contributed by atoms with Gasteiger partial charge < -0.3 is 10.2 Å². The molecule has 0 aliphatic carbocycles. The minimum Gasteiger partial charge on any atom is -0.341 e. The minimum atomic E-state index is -1.34. The molecule has 2 aliphatic rings. The lowest BCUT2D eigenvalue weighted by Crippen LogP contribution is -2.46. The van der Waals surface area contributed by atoms with E-state index in [0.717, 1.165) is 41.7 Å². The zero-order valence-electron chi connectivity index (χ0n) is 18.2. The molecule has 2 saturated heterocycles. The highest BCUT2D eigenvalue weighted by molar-refractivity contribution is 6.11. The van der Waals surface area contributed by atoms with E-state index in [1.165, 1.54) is 0 Å². The van der Waals surface area contributed by atoms with Gasteiger partial charge in [-0.25, -0.2) is 4.79 Å². The molecule has 6 heteroatoms. The number of likely N-dealkylation sites (tertiary alicyclic amines) is 1. The van der Waals surface area contributed by atoms with Gasteiger partial charge in [0.25, 0.3) is 5.91 Å². The first kappa shape index (κ1) is 21.1. The lowest BCUT2D eigenvalue weighted by atomic mass is 9.81. The highest BCUT2D eigenvalue weighted by Gasteiger charge is 2.54. The fourth-order valence-corrected chi connectivity index (χ4v) is 4.50. The van der Waals surface area contributed by atoms with Gasteiger partial charge in [-0.1, -0.05) is 61.4 Å². The van der Waals surface area contributed by atoms with E-state index in [9.17, 15) is 14.4 Å². The third kappa shape index (κ3) is 3.82. The van der Waals surface area contributed by atoms with Crippen molar-refractivity contribution in [3.05, 3.63) is 70.8 Å². The Bertz CT molecular complexity index is 996. The number of rotatable bonds is 4. The summed E-state index contributed by atoms with van der Waals surface area (Å²) < 4.78 is 0. The summed E-state index contributed by atoms with van der Waals surface area (Å²) in [6.07, 6.45) is 4.14. The molecule has 6 nitrogen and oxygen atoms in total. The van der Waals surface area contributed by atoms with Crippen molar-refractivity contribution in [1.82, 2.24) is 15.1 Å². The van der Waals surface area contributed by atoms with Crippen molar-refractivity contribution in [2.45, 2.75) is 45.1 Å². The fourth-order valence-electron chi connectivity index (χ4n) is 4.50. The molecule has 0 spiro atoms. The summed E-state index contributed by atoms with van der Waals surface area (Å²) in [5, 5.41) is 2.93. The van der Waals surface area contributed by atoms with Crippen LogP contribution in [0.3, 0.4) is 0 Å². The SMILES string of the molecule is Cc1ccc([C@@]2(c3ccccc3)NC(=O)N(CC(=O)N3CCCCCC3)C2=O)cc1C. The van der Waals surface area contributed by atoms with E-state index in [-0.39, 0.29) is 12.5 Å². The molecule has 0 aromatic heterocycles. The van der Waals surface area contributed by atoms with Gasteiger partial charge >= 0.3 is 6.03 Å². The molecule has 0 bridgehead atoms. The molecule has 4 amide bonds. The number of carbonyl (C=O) groups excluding carboxylic acids is 3. The van der Waals surface area contributed by atoms with Gasteiger partial charge in [0.05, 0.1) is 0 Å². The summed E-state index contributed by atoms with van der Waals surface area (Å²) >= 11 is 0. The summed E-state index contributed by atoms with van der Waals surface area (Å²) in [6.45, 7) is 5.13. The number of nitrogens with one attached hydrogen (secondary N) is 1. The molecule has 2 aromatic carbocycles. The maximum atomic E-state index is 13.8. The van der Waals surface area contributed by atoms with Crippen LogP contribution < -0.4 is 5.32 Å². The minimum absolute atomic E-state index is 0.172. The van der Waals surface area contributed by atoms with E-state index >= 15 is 0 Å². The summed E-state index contributed by atoms with van der Waals surface area (Å²) in [7, 11) is 0. The number of aryl methyl sites for hydroxylation is 2. The van der Waals surface area contributed by atoms with Gasteiger partial charge in [0.15, 0.2) is 5.54 Å². The monoisotopic (exact) mass is 419 g/mol. The molecule has 31 heavy (non-hydrogen) atoms. The molecular formula is C25H29N3O3. The van der Waals surface area contributed by atoms with Crippen LogP contribution in [0.2, 0.25) is 0 Å². The van der Waals surface area contributed by atoms with Gasteiger partial charge in [0, 0.05) is 13.1 Å². The van der Waals surface area contributed by atoms with Crippen LogP contribution in [0.25, 0.3) is 0 Å². The van der Waals surface area contributed by atoms with Gasteiger partial charge in [-0.3, -0.25) is 14.5 Å². The first-order chi connectivity index (χ1) is 14.9. The second-order valence-corrected chi connectivity index (χ2v) is 8.53. The van der Waals surface area contributed by atoms with Crippen molar-refractivity contribution in [2.24, 2.45) is 0 Å². The first-order valence-electron chi connectivity index (χ1n) is 11.0. The van der Waals surface area contributed by atoms with Gasteiger partial charge in [-0.15, -0.1) is 0 Å². The lowest BCUT2D eigenvalue weighted by Gasteiger charge is -2.29. The smallest absolute Gasteiger partial charge is 0.326 e. The molecule has 162 valence electrons. The Hall–Kier alpha value is -3.15. The second kappa shape index (κ2) is 8.53. The third-order valence-electron chi connectivity index (χ3n) is 6.50. The molecule has 0 saturated carbocycles. The van der Waals surface area contributed by atoms with E-state index in [1.807, 2.05) is 62.4 Å². The van der Waals surface area contributed by atoms with Crippen LogP contribution >= 0.6 is 0 Å². The standard InChI is InChI=1S/C25H29N3O3/c1-18-12-13-21(16-19(18)2)25(20-10-6-5-7-11-20)23(30)28(24(31)26-25)17-22(29)27-14-8-3-4-9-15-27/h5-7,10-13,16H,3-4,8-9,14-15,17H2,1-2H3,(H,26,31)/t25-/m1/s1. The van der Waals surface area contributed by atoms with Crippen LogP contribution in [0, 0.1) is 13.8 Å². The Morgan fingerprint density at radius 3 is 2.23 bits per heavy atom. The Morgan fingerprint density at radius 2 is 1.58 bits per heavy atom. The highest BCUT2D eigenvalue weighted by Crippen LogP contribution is 2.36. The number of carbonyl (C=O) groups is 3. The van der Waals surface area contributed by atoms with Crippen LogP contribution in [-0.4, -0.2) is 47.3 Å². The number of hydrogen-bond donors (Lipinski definition) is 1. The Labute approximate surface area is 183 Å². The average Bonchev–Trinajstić information content (AvgIpc) is 2.96. The molecule has 0 unspecified atom stereocenters. The molecule has 2 aliphatic heterocycles. The van der Waals surface area contributed by atoms with Gasteiger partial charge in [-0.05, 0) is 48.9 Å². The molecule has 2 heterocycles. The Balaban J connectivity index is 1.70. The predicted molar refractivity (Wildman–Crippen MR) is 118 cm³/mol. The topological polar surface area (TPSA) is 69.7 Å². The fraction of sp³-hybridized carbons (Fsp3) is 0.400. The quantitative estimate of drug-likeness (QED) is 0.771. The molecule has 0 radical (unpaired) electrons. The van der Waals surface area contributed by atoms with Crippen molar-refractivity contribution in [3.8, 4) is 0 Å². The maximum absolute atomic E-state index is 13.8. The lowest BCUT2D eigenvalue weighted by molar-refractivity contribution is -0.138. The molecule has 4 rings (SSSR count). The van der Waals surface area contributed by atoms with Crippen molar-refractivity contribution in [3.63, 3.8) is 0 Å². The number of benzene rings is 2. The molecule has 2 aromatic rings. The van der Waals surface area contributed by atoms with E-state index in [4.69, 9.17) is 0 Å². The van der Waals surface area contributed by atoms with Gasteiger partial charge in [0.1, 0.15) is 6.54 Å². The Kier molecular flexibility index (Phi) is 5.81. The molecule has 1 N–H and O–H groups in total. The van der Waals surface area contributed by atoms with Crippen LogP contribution in [0.5, 0.6) is 0 Å². The highest BCUT2D eigenvalue weighted by atomic mass is 16.2. The van der Waals surface area contributed by atoms with Crippen molar-refractivity contribution in [2.75, 3.05) is 19.6 Å². The second-order valence-electron chi connectivity index (χ2n) is 8.53. The summed E-state index contributed by atoms with van der Waals surface area (Å²) in [5.41, 5.74) is 2.19.